The Hall–Kier alpha value is -5.76. The summed E-state index contributed by atoms with van der Waals surface area (Å²) >= 11 is 0. The number of methoxy groups -OCH3 is 2. The van der Waals surface area contributed by atoms with Gasteiger partial charge in [-0.05, 0) is 128 Å². The number of carbonyl (C=O) groups excluding carboxylic acids is 2. The van der Waals surface area contributed by atoms with Crippen LogP contribution < -0.4 is 0 Å². The Morgan fingerprint density at radius 3 is 1.66 bits per heavy atom. The van der Waals surface area contributed by atoms with Crippen molar-refractivity contribution in [1.29, 1.82) is 0 Å². The van der Waals surface area contributed by atoms with Crippen molar-refractivity contribution in [2.45, 2.75) is 92.4 Å². The van der Waals surface area contributed by atoms with Crippen molar-refractivity contribution < 1.29 is 19.1 Å². The Morgan fingerprint density at radius 2 is 1.18 bits per heavy atom. The molecule has 8 bridgehead atoms. The number of benzene rings is 2. The summed E-state index contributed by atoms with van der Waals surface area (Å²) in [5.41, 5.74) is 18.5. The molecule has 288 valence electrons. The molecule has 0 saturated carbocycles. The zero-order valence-corrected chi connectivity index (χ0v) is 34.3. The molecule has 56 heavy (non-hydrogen) atoms. The monoisotopic (exact) mass is 748 g/mol. The number of esters is 2. The summed E-state index contributed by atoms with van der Waals surface area (Å²) in [4.78, 5) is 43.7. The summed E-state index contributed by atoms with van der Waals surface area (Å²) in [5, 5.41) is 0. The highest BCUT2D eigenvalue weighted by molar-refractivity contribution is 5.98. The molecule has 5 aromatic rings. The van der Waals surface area contributed by atoms with Gasteiger partial charge in [0.05, 0.1) is 53.5 Å². The van der Waals surface area contributed by atoms with Gasteiger partial charge in [0.25, 0.3) is 0 Å². The number of hydrogen-bond donors (Lipinski definition) is 2. The molecule has 1 unspecified atom stereocenters. The maximum Gasteiger partial charge on any atom is 0.337 e. The molecule has 8 heteroatoms. The van der Waals surface area contributed by atoms with E-state index in [1.807, 2.05) is 48.5 Å². The van der Waals surface area contributed by atoms with Crippen LogP contribution in [0.3, 0.4) is 0 Å². The molecule has 0 amide bonds. The second-order valence-electron chi connectivity index (χ2n) is 15.1. The molecule has 0 spiro atoms. The lowest BCUT2D eigenvalue weighted by molar-refractivity contribution is 0.0592. The number of hydrogen-bond acceptors (Lipinski definition) is 6. The number of aromatic amines is 2. The highest BCUT2D eigenvalue weighted by atomic mass is 16.5. The van der Waals surface area contributed by atoms with Crippen molar-refractivity contribution in [2.75, 3.05) is 14.2 Å². The Kier molecular flexibility index (Phi) is 10.4. The third-order valence-corrected chi connectivity index (χ3v) is 12.5. The lowest BCUT2D eigenvalue weighted by Gasteiger charge is -2.32. The first-order chi connectivity index (χ1) is 26.9. The molecule has 2 aliphatic heterocycles. The highest BCUT2D eigenvalue weighted by Gasteiger charge is 2.43. The van der Waals surface area contributed by atoms with Gasteiger partial charge in [0.2, 0.25) is 0 Å². The lowest BCUT2D eigenvalue weighted by atomic mass is 9.69. The number of aromatic nitrogens is 4. The van der Waals surface area contributed by atoms with Gasteiger partial charge in [-0.2, -0.15) is 0 Å². The number of nitrogens with one attached hydrogen (secondary N) is 2. The van der Waals surface area contributed by atoms with E-state index in [9.17, 15) is 9.59 Å². The minimum absolute atomic E-state index is 0.0903. The molecular weight excluding hydrogens is 697 g/mol. The number of aryl methyl sites for hydroxylation is 4. The van der Waals surface area contributed by atoms with Crippen LogP contribution in [0.5, 0.6) is 0 Å². The zero-order valence-electron chi connectivity index (χ0n) is 34.3. The Balaban J connectivity index is 1.69. The summed E-state index contributed by atoms with van der Waals surface area (Å²) in [7, 11) is 2.81. The molecule has 5 heterocycles. The second kappa shape index (κ2) is 15.1. The molecule has 0 radical (unpaired) electrons. The van der Waals surface area contributed by atoms with Crippen LogP contribution in [0.2, 0.25) is 0 Å². The SMILES string of the molecule is CCc1c(C)c2[nH]c1cc1nc(c(-c3ccc(C(=O)OC)cc3)c3[nH]c(cc4nc(c2-c2ccc(C(=O)OC)cc2)C(C)=C4)c(CC)c3C)C(C)C1(CC)CC. The molecule has 1 atom stereocenters. The average Bonchev–Trinajstić information content (AvgIpc) is 3.91. The van der Waals surface area contributed by atoms with Crippen LogP contribution in [0.4, 0.5) is 0 Å². The number of nitrogens with zero attached hydrogens (tertiary/aromatic N) is 2. The molecule has 3 aromatic heterocycles. The number of fused-ring (bicyclic) bond motifs is 8. The predicted octanol–water partition coefficient (Wildman–Crippen LogP) is 11.4. The van der Waals surface area contributed by atoms with Gasteiger partial charge in [0, 0.05) is 39.2 Å². The Bertz CT molecular complexity index is 2570. The van der Waals surface area contributed by atoms with Gasteiger partial charge in [-0.3, -0.25) is 4.98 Å². The van der Waals surface area contributed by atoms with Crippen LogP contribution in [0.1, 0.15) is 126 Å². The number of carbonyl (C=O) groups is 2. The van der Waals surface area contributed by atoms with Crippen LogP contribution in [-0.2, 0) is 27.7 Å². The van der Waals surface area contributed by atoms with E-state index in [-0.39, 0.29) is 23.3 Å². The third-order valence-electron chi connectivity index (χ3n) is 12.5. The molecule has 0 fully saturated rings. The molecule has 7 rings (SSSR count). The molecular formula is C48H52N4O4. The van der Waals surface area contributed by atoms with E-state index >= 15 is 0 Å². The normalized spacial score (nSPS) is 14.8. The first-order valence-corrected chi connectivity index (χ1v) is 19.8. The number of rotatable bonds is 8. The average molecular weight is 749 g/mol. The van der Waals surface area contributed by atoms with Gasteiger partial charge in [-0.25, -0.2) is 14.6 Å². The van der Waals surface area contributed by atoms with Gasteiger partial charge in [-0.1, -0.05) is 58.9 Å². The molecule has 2 aromatic carbocycles. The minimum atomic E-state index is -0.371. The van der Waals surface area contributed by atoms with E-state index in [4.69, 9.17) is 19.4 Å². The largest absolute Gasteiger partial charge is 0.465 e. The lowest BCUT2D eigenvalue weighted by Crippen LogP contribution is -2.27. The third kappa shape index (κ3) is 6.16. The van der Waals surface area contributed by atoms with Crippen molar-refractivity contribution >= 4 is 45.7 Å². The fraction of sp³-hybridized carbons (Fsp3) is 0.333. The highest BCUT2D eigenvalue weighted by Crippen LogP contribution is 2.51. The van der Waals surface area contributed by atoms with Crippen LogP contribution in [0.15, 0.2) is 60.7 Å². The van der Waals surface area contributed by atoms with Gasteiger partial charge < -0.3 is 19.4 Å². The summed E-state index contributed by atoms with van der Waals surface area (Å²) < 4.78 is 10.1. The summed E-state index contributed by atoms with van der Waals surface area (Å²) in [5.74, 6) is -0.645. The maximum atomic E-state index is 12.5. The number of H-pyrrole nitrogens is 2. The number of allylic oxidation sites excluding steroid dienone is 1. The van der Waals surface area contributed by atoms with E-state index in [0.717, 1.165) is 104 Å². The van der Waals surface area contributed by atoms with Crippen molar-refractivity contribution in [1.82, 2.24) is 19.9 Å². The van der Waals surface area contributed by atoms with Crippen molar-refractivity contribution in [3.63, 3.8) is 0 Å². The fourth-order valence-electron chi connectivity index (χ4n) is 9.22. The Labute approximate surface area is 329 Å². The number of ether oxygens (including phenoxy) is 2. The standard InChI is InChI=1S/C48H52N4O4/c1-11-35-27(6)44-41(31-17-21-33(22-18-31)47(54)56-10)45-29(8)48(13-3,14-4)39(52-45)25-38-36(12-2)28(7)43(51-38)40(30-15-19-32(20-16-30)46(53)55-9)42-26(5)23-34(49-42)24-37(35)50-44/h15-25,29,50-51H,11-14H2,1-10H3. The molecule has 8 nitrogen and oxygen atoms in total. The molecule has 2 N–H and O–H groups in total. The van der Waals surface area contributed by atoms with Crippen LogP contribution in [0, 0.1) is 13.8 Å². The van der Waals surface area contributed by atoms with Gasteiger partial charge in [0.15, 0.2) is 0 Å². The first-order valence-electron chi connectivity index (χ1n) is 19.8. The first kappa shape index (κ1) is 38.5. The molecule has 0 saturated heterocycles. The van der Waals surface area contributed by atoms with Crippen LogP contribution in [0.25, 0.3) is 56.0 Å². The fourth-order valence-corrected chi connectivity index (χ4v) is 9.22. The minimum Gasteiger partial charge on any atom is -0.465 e. The van der Waals surface area contributed by atoms with Crippen molar-refractivity contribution in [3.8, 4) is 22.3 Å². The smallest absolute Gasteiger partial charge is 0.337 e. The van der Waals surface area contributed by atoms with Crippen LogP contribution >= 0.6 is 0 Å². The maximum absolute atomic E-state index is 12.5. The van der Waals surface area contributed by atoms with Gasteiger partial charge >= 0.3 is 11.9 Å². The molecule has 0 aliphatic carbocycles. The zero-order chi connectivity index (χ0) is 40.1. The van der Waals surface area contributed by atoms with E-state index < -0.39 is 0 Å². The van der Waals surface area contributed by atoms with E-state index in [2.05, 4.69) is 83.6 Å². The summed E-state index contributed by atoms with van der Waals surface area (Å²) in [6, 6.07) is 19.8. The predicted molar refractivity (Wildman–Crippen MR) is 227 cm³/mol. The van der Waals surface area contributed by atoms with Gasteiger partial charge in [0.1, 0.15) is 0 Å². The van der Waals surface area contributed by atoms with E-state index in [1.54, 1.807) is 0 Å². The van der Waals surface area contributed by atoms with E-state index in [1.165, 1.54) is 30.9 Å². The topological polar surface area (TPSA) is 110 Å². The molecule has 2 aliphatic rings. The van der Waals surface area contributed by atoms with E-state index in [0.29, 0.717) is 11.1 Å². The van der Waals surface area contributed by atoms with Crippen LogP contribution in [-0.4, -0.2) is 46.1 Å². The second-order valence-corrected chi connectivity index (χ2v) is 15.1. The Morgan fingerprint density at radius 1 is 0.696 bits per heavy atom. The summed E-state index contributed by atoms with van der Waals surface area (Å²) in [6.45, 7) is 17.8. The summed E-state index contributed by atoms with van der Waals surface area (Å²) in [6.07, 6.45) is 5.63. The van der Waals surface area contributed by atoms with Crippen molar-refractivity contribution in [3.05, 3.63) is 117 Å². The van der Waals surface area contributed by atoms with Gasteiger partial charge in [-0.15, -0.1) is 0 Å². The van der Waals surface area contributed by atoms with Crippen molar-refractivity contribution in [2.24, 2.45) is 0 Å². The quantitative estimate of drug-likeness (QED) is 0.153.